The number of hydrogen-bond donors (Lipinski definition) is 2. The van der Waals surface area contributed by atoms with Crippen molar-refractivity contribution in [1.82, 2.24) is 20.7 Å². The molecule has 2 aromatic heterocycles. The average Bonchev–Trinajstić information content (AvgIpc) is 3.59. The number of thiazole rings is 1. The topological polar surface area (TPSA) is 114 Å². The van der Waals surface area contributed by atoms with Gasteiger partial charge in [0.1, 0.15) is 17.0 Å². The molecule has 2 aromatic carbocycles. The van der Waals surface area contributed by atoms with E-state index in [1.54, 1.807) is 40.6 Å². The molecule has 2 N–H and O–H groups in total. The highest BCUT2D eigenvalue weighted by Crippen LogP contribution is 2.31. The molecule has 0 spiro atoms. The zero-order valence-corrected chi connectivity index (χ0v) is 20.1. The Bertz CT molecular complexity index is 1340. The van der Waals surface area contributed by atoms with E-state index >= 15 is 0 Å². The number of hydrogen-bond acceptors (Lipinski definition) is 7. The van der Waals surface area contributed by atoms with Crippen LogP contribution in [0.5, 0.6) is 5.75 Å². The van der Waals surface area contributed by atoms with Gasteiger partial charge in [-0.25, -0.2) is 4.98 Å². The molecule has 0 radical (unpaired) electrons. The van der Waals surface area contributed by atoms with Crippen molar-refractivity contribution in [3.8, 4) is 5.75 Å². The Morgan fingerprint density at radius 1 is 1.03 bits per heavy atom. The summed E-state index contributed by atoms with van der Waals surface area (Å²) in [6.07, 6.45) is 1.49. The summed E-state index contributed by atoms with van der Waals surface area (Å²) in [7, 11) is 0. The Labute approximate surface area is 211 Å². The lowest BCUT2D eigenvalue weighted by Crippen LogP contribution is -2.44. The van der Waals surface area contributed by atoms with Gasteiger partial charge >= 0.3 is 0 Å². The molecule has 0 atom stereocenters. The zero-order valence-electron chi connectivity index (χ0n) is 19.3. The number of nitrogens with one attached hydrogen (secondary N) is 2. The third kappa shape index (κ3) is 5.38. The van der Waals surface area contributed by atoms with Gasteiger partial charge in [0.2, 0.25) is 0 Å². The second-order valence-electron chi connectivity index (χ2n) is 8.39. The van der Waals surface area contributed by atoms with E-state index in [0.29, 0.717) is 30.2 Å². The van der Waals surface area contributed by atoms with Gasteiger partial charge in [0.25, 0.3) is 17.7 Å². The number of carbonyl (C=O) groups is 3. The summed E-state index contributed by atoms with van der Waals surface area (Å²) in [6.45, 7) is 0.941. The number of furan rings is 1. The smallest absolute Gasteiger partial charge is 0.289 e. The van der Waals surface area contributed by atoms with Gasteiger partial charge in [-0.15, -0.1) is 11.3 Å². The minimum Gasteiger partial charge on any atom is -0.484 e. The fourth-order valence-electron chi connectivity index (χ4n) is 4.04. The van der Waals surface area contributed by atoms with E-state index in [1.807, 2.05) is 30.3 Å². The van der Waals surface area contributed by atoms with Crippen LogP contribution in [0.15, 0.2) is 70.5 Å². The molecule has 0 bridgehead atoms. The molecule has 36 heavy (non-hydrogen) atoms. The van der Waals surface area contributed by atoms with Crippen molar-refractivity contribution in [2.45, 2.75) is 18.8 Å². The number of rotatable bonds is 6. The molecule has 1 aliphatic heterocycles. The molecule has 1 fully saturated rings. The largest absolute Gasteiger partial charge is 0.484 e. The molecule has 0 unspecified atom stereocenters. The van der Waals surface area contributed by atoms with E-state index in [4.69, 9.17) is 9.15 Å². The first-order valence-corrected chi connectivity index (χ1v) is 12.4. The van der Waals surface area contributed by atoms with Crippen LogP contribution < -0.4 is 15.6 Å². The Morgan fingerprint density at radius 3 is 2.56 bits per heavy atom. The van der Waals surface area contributed by atoms with Crippen molar-refractivity contribution in [2.75, 3.05) is 19.7 Å². The Balaban J connectivity index is 1.09. The average molecular weight is 505 g/mol. The van der Waals surface area contributed by atoms with E-state index < -0.39 is 11.8 Å². The standard InChI is InChI=1S/C26H24N4O5S/c31-23(15-34-19-7-2-1-3-8-19)28-29-24(32)20-16-36-25(27-20)17-10-12-30(13-11-17)26(33)22-14-18-6-4-5-9-21(18)35-22/h1-9,14,16-17H,10-13,15H2,(H,28,31)(H,29,32). The molecule has 1 saturated heterocycles. The van der Waals surface area contributed by atoms with Crippen molar-refractivity contribution < 1.29 is 23.5 Å². The summed E-state index contributed by atoms with van der Waals surface area (Å²) in [5, 5.41) is 3.42. The maximum Gasteiger partial charge on any atom is 0.289 e. The minimum absolute atomic E-state index is 0.115. The van der Waals surface area contributed by atoms with E-state index in [9.17, 15) is 14.4 Å². The maximum absolute atomic E-state index is 12.9. The molecular weight excluding hydrogens is 480 g/mol. The van der Waals surface area contributed by atoms with Crippen LogP contribution in [0.1, 0.15) is 44.8 Å². The first kappa shape index (κ1) is 23.6. The number of nitrogens with zero attached hydrogens (tertiary/aromatic N) is 2. The summed E-state index contributed by atoms with van der Waals surface area (Å²) < 4.78 is 11.1. The van der Waals surface area contributed by atoms with Gasteiger partial charge in [0.15, 0.2) is 12.4 Å². The van der Waals surface area contributed by atoms with Gasteiger partial charge in [0, 0.05) is 29.8 Å². The van der Waals surface area contributed by atoms with Gasteiger partial charge in [0.05, 0.1) is 5.01 Å². The lowest BCUT2D eigenvalue weighted by atomic mass is 9.97. The maximum atomic E-state index is 12.9. The minimum atomic E-state index is -0.497. The summed E-state index contributed by atoms with van der Waals surface area (Å²) in [5.74, 6) is -0.0271. The van der Waals surface area contributed by atoms with Crippen molar-refractivity contribution in [2.24, 2.45) is 0 Å². The number of ether oxygens (including phenoxy) is 1. The molecular formula is C26H24N4O5S. The molecule has 0 saturated carbocycles. The number of amides is 3. The van der Waals surface area contributed by atoms with Crippen LogP contribution in [0.2, 0.25) is 0 Å². The molecule has 1 aliphatic rings. The number of fused-ring (bicyclic) bond motifs is 1. The first-order valence-electron chi connectivity index (χ1n) is 11.6. The Kier molecular flexibility index (Phi) is 6.94. The zero-order chi connectivity index (χ0) is 24.9. The van der Waals surface area contributed by atoms with Crippen molar-refractivity contribution >= 4 is 40.0 Å². The SMILES string of the molecule is O=C(COc1ccccc1)NNC(=O)c1csc(C2CCN(C(=O)c3cc4ccccc4o3)CC2)n1. The second kappa shape index (κ2) is 10.6. The van der Waals surface area contributed by atoms with E-state index in [1.165, 1.54) is 11.3 Å². The Morgan fingerprint density at radius 2 is 1.78 bits per heavy atom. The van der Waals surface area contributed by atoms with E-state index in [-0.39, 0.29) is 24.1 Å². The lowest BCUT2D eigenvalue weighted by molar-refractivity contribution is -0.123. The molecule has 9 nitrogen and oxygen atoms in total. The van der Waals surface area contributed by atoms with Gasteiger partial charge in [-0.1, -0.05) is 36.4 Å². The molecule has 10 heteroatoms. The van der Waals surface area contributed by atoms with Crippen LogP contribution in [0, 0.1) is 0 Å². The summed E-state index contributed by atoms with van der Waals surface area (Å²) >= 11 is 1.40. The van der Waals surface area contributed by atoms with Crippen LogP contribution in [0.25, 0.3) is 11.0 Å². The van der Waals surface area contributed by atoms with Crippen molar-refractivity contribution in [3.05, 3.63) is 82.5 Å². The fraction of sp³-hybridized carbons (Fsp3) is 0.231. The summed E-state index contributed by atoms with van der Waals surface area (Å²) in [4.78, 5) is 43.5. The molecule has 0 aliphatic carbocycles. The molecule has 3 heterocycles. The summed E-state index contributed by atoms with van der Waals surface area (Å²) in [6, 6.07) is 18.3. The van der Waals surface area contributed by atoms with Gasteiger partial charge in [-0.3, -0.25) is 25.2 Å². The van der Waals surface area contributed by atoms with Gasteiger partial charge < -0.3 is 14.1 Å². The Hall–Kier alpha value is -4.18. The molecule has 184 valence electrons. The van der Waals surface area contributed by atoms with Crippen LogP contribution in [0.3, 0.4) is 0 Å². The van der Waals surface area contributed by atoms with Gasteiger partial charge in [-0.05, 0) is 37.1 Å². The third-order valence-electron chi connectivity index (χ3n) is 5.95. The van der Waals surface area contributed by atoms with Crippen LogP contribution in [0.4, 0.5) is 0 Å². The monoisotopic (exact) mass is 504 g/mol. The van der Waals surface area contributed by atoms with Crippen LogP contribution in [-0.4, -0.2) is 47.3 Å². The predicted octanol–water partition coefficient (Wildman–Crippen LogP) is 3.75. The predicted molar refractivity (Wildman–Crippen MR) is 134 cm³/mol. The number of aromatic nitrogens is 1. The normalized spacial score (nSPS) is 13.9. The molecule has 5 rings (SSSR count). The highest BCUT2D eigenvalue weighted by atomic mass is 32.1. The number of piperidine rings is 1. The highest BCUT2D eigenvalue weighted by Gasteiger charge is 2.28. The van der Waals surface area contributed by atoms with Crippen molar-refractivity contribution in [3.63, 3.8) is 0 Å². The van der Waals surface area contributed by atoms with Crippen LogP contribution >= 0.6 is 11.3 Å². The summed E-state index contributed by atoms with van der Waals surface area (Å²) in [5.41, 5.74) is 5.63. The number of para-hydroxylation sites is 2. The fourth-order valence-corrected chi connectivity index (χ4v) is 5.02. The third-order valence-corrected chi connectivity index (χ3v) is 6.96. The lowest BCUT2D eigenvalue weighted by Gasteiger charge is -2.30. The van der Waals surface area contributed by atoms with Gasteiger partial charge in [-0.2, -0.15) is 0 Å². The number of hydrazine groups is 1. The molecule has 4 aromatic rings. The number of benzene rings is 2. The first-order chi connectivity index (χ1) is 17.6. The number of likely N-dealkylation sites (tertiary alicyclic amines) is 1. The van der Waals surface area contributed by atoms with E-state index in [2.05, 4.69) is 15.8 Å². The second-order valence-corrected chi connectivity index (χ2v) is 9.28. The number of carbonyl (C=O) groups excluding carboxylic acids is 3. The molecule has 3 amide bonds. The van der Waals surface area contributed by atoms with Crippen molar-refractivity contribution in [1.29, 1.82) is 0 Å². The highest BCUT2D eigenvalue weighted by molar-refractivity contribution is 7.09. The van der Waals surface area contributed by atoms with E-state index in [0.717, 1.165) is 23.2 Å². The quantitative estimate of drug-likeness (QED) is 0.387. The van der Waals surface area contributed by atoms with Crippen LogP contribution in [-0.2, 0) is 4.79 Å².